The third kappa shape index (κ3) is 5.53. The van der Waals surface area contributed by atoms with Crippen molar-refractivity contribution in [2.45, 2.75) is 71.6 Å². The number of amides is 1. The Kier molecular flexibility index (Phi) is 7.99. The average Bonchev–Trinajstić information content (AvgIpc) is 3.45. The number of carbonyl (C=O) groups is 1. The van der Waals surface area contributed by atoms with Crippen LogP contribution in [0.25, 0.3) is 0 Å². The number of benzene rings is 1. The molecule has 158 valence electrons. The first kappa shape index (κ1) is 21.7. The first-order valence-corrected chi connectivity index (χ1v) is 11.7. The summed E-state index contributed by atoms with van der Waals surface area (Å²) < 4.78 is 11.5. The Morgan fingerprint density at radius 1 is 1.17 bits per heavy atom. The largest absolute Gasteiger partial charge is 0.493 e. The highest BCUT2D eigenvalue weighted by Gasteiger charge is 2.30. The van der Waals surface area contributed by atoms with Crippen LogP contribution in [0.2, 0.25) is 0 Å². The molecule has 1 aliphatic carbocycles. The van der Waals surface area contributed by atoms with Crippen molar-refractivity contribution in [1.29, 1.82) is 0 Å². The van der Waals surface area contributed by atoms with Crippen molar-refractivity contribution < 1.29 is 14.3 Å². The fourth-order valence-corrected chi connectivity index (χ4v) is 4.76. The topological polar surface area (TPSA) is 38.8 Å². The van der Waals surface area contributed by atoms with Gasteiger partial charge in [0.1, 0.15) is 6.61 Å². The SMILES string of the molecule is CCC(CC)C(=O)N(Cc1ccc(OC)c(OCc2cccs2)c1)C1CCCC1. The minimum Gasteiger partial charge on any atom is -0.493 e. The van der Waals surface area contributed by atoms with E-state index in [2.05, 4.69) is 36.3 Å². The van der Waals surface area contributed by atoms with E-state index in [9.17, 15) is 4.79 Å². The third-order valence-corrected chi connectivity index (χ3v) is 6.76. The van der Waals surface area contributed by atoms with Gasteiger partial charge in [0, 0.05) is 23.4 Å². The zero-order valence-corrected chi connectivity index (χ0v) is 18.7. The molecular weight excluding hydrogens is 382 g/mol. The lowest BCUT2D eigenvalue weighted by atomic mass is 9.99. The number of rotatable bonds is 10. The lowest BCUT2D eigenvalue weighted by Crippen LogP contribution is -2.41. The van der Waals surface area contributed by atoms with E-state index in [1.54, 1.807) is 18.4 Å². The molecule has 0 N–H and O–H groups in total. The highest BCUT2D eigenvalue weighted by atomic mass is 32.1. The molecular formula is C24H33NO3S. The van der Waals surface area contributed by atoms with Crippen LogP contribution in [0.15, 0.2) is 35.7 Å². The molecule has 29 heavy (non-hydrogen) atoms. The molecule has 0 atom stereocenters. The van der Waals surface area contributed by atoms with E-state index < -0.39 is 0 Å². The van der Waals surface area contributed by atoms with Gasteiger partial charge >= 0.3 is 0 Å². The molecule has 1 saturated carbocycles. The first-order valence-electron chi connectivity index (χ1n) is 10.8. The smallest absolute Gasteiger partial charge is 0.226 e. The molecule has 0 radical (unpaired) electrons. The fraction of sp³-hybridized carbons (Fsp3) is 0.542. The lowest BCUT2D eigenvalue weighted by molar-refractivity contribution is -0.138. The van der Waals surface area contributed by atoms with Crippen molar-refractivity contribution in [3.63, 3.8) is 0 Å². The van der Waals surface area contributed by atoms with Crippen molar-refractivity contribution in [3.05, 3.63) is 46.2 Å². The summed E-state index contributed by atoms with van der Waals surface area (Å²) in [6, 6.07) is 10.5. The van der Waals surface area contributed by atoms with Crippen LogP contribution in [-0.2, 0) is 17.9 Å². The van der Waals surface area contributed by atoms with Crippen molar-refractivity contribution in [1.82, 2.24) is 4.90 Å². The molecule has 0 aliphatic heterocycles. The second-order valence-electron chi connectivity index (χ2n) is 7.77. The molecule has 1 amide bonds. The Balaban J connectivity index is 1.79. The van der Waals surface area contributed by atoms with Gasteiger partial charge in [0.2, 0.25) is 5.91 Å². The summed E-state index contributed by atoms with van der Waals surface area (Å²) in [6.45, 7) is 5.39. The van der Waals surface area contributed by atoms with Gasteiger partial charge < -0.3 is 14.4 Å². The maximum absolute atomic E-state index is 13.3. The maximum Gasteiger partial charge on any atom is 0.226 e. The van der Waals surface area contributed by atoms with Crippen LogP contribution < -0.4 is 9.47 Å². The van der Waals surface area contributed by atoms with Gasteiger partial charge in [-0.1, -0.05) is 38.8 Å². The molecule has 2 aromatic rings. The predicted octanol–water partition coefficient (Wildman–Crippen LogP) is 6.04. The van der Waals surface area contributed by atoms with Gasteiger partial charge in [0.25, 0.3) is 0 Å². The normalized spacial score (nSPS) is 14.3. The van der Waals surface area contributed by atoms with Crippen molar-refractivity contribution in [2.75, 3.05) is 7.11 Å². The van der Waals surface area contributed by atoms with E-state index in [0.717, 1.165) is 42.7 Å². The summed E-state index contributed by atoms with van der Waals surface area (Å²) in [5, 5.41) is 2.05. The average molecular weight is 416 g/mol. The standard InChI is InChI=1S/C24H33NO3S/c1-4-19(5-2)24(26)25(20-9-6-7-10-20)16-18-12-13-22(27-3)23(15-18)28-17-21-11-8-14-29-21/h8,11-15,19-20H,4-7,9-10,16-17H2,1-3H3. The molecule has 5 heteroatoms. The maximum atomic E-state index is 13.3. The molecule has 0 unspecified atom stereocenters. The summed E-state index contributed by atoms with van der Waals surface area (Å²) in [5.41, 5.74) is 1.10. The van der Waals surface area contributed by atoms with Crippen LogP contribution in [0.4, 0.5) is 0 Å². The van der Waals surface area contributed by atoms with Crippen molar-refractivity contribution in [3.8, 4) is 11.5 Å². The van der Waals surface area contributed by atoms with E-state index >= 15 is 0 Å². The number of hydrogen-bond donors (Lipinski definition) is 0. The lowest BCUT2D eigenvalue weighted by Gasteiger charge is -2.32. The van der Waals surface area contributed by atoms with Gasteiger partial charge in [-0.3, -0.25) is 4.79 Å². The van der Waals surface area contributed by atoms with Gasteiger partial charge in [-0.05, 0) is 54.8 Å². The second kappa shape index (κ2) is 10.7. The molecule has 1 heterocycles. The monoisotopic (exact) mass is 415 g/mol. The van der Waals surface area contributed by atoms with Gasteiger partial charge in [0.05, 0.1) is 7.11 Å². The quantitative estimate of drug-likeness (QED) is 0.475. The van der Waals surface area contributed by atoms with Crippen LogP contribution in [0, 0.1) is 5.92 Å². The van der Waals surface area contributed by atoms with Crippen molar-refractivity contribution >= 4 is 17.2 Å². The Hall–Kier alpha value is -2.01. The molecule has 4 nitrogen and oxygen atoms in total. The number of hydrogen-bond acceptors (Lipinski definition) is 4. The Bertz CT molecular complexity index is 764. The van der Waals surface area contributed by atoms with Crippen LogP contribution in [0.1, 0.15) is 62.8 Å². The fourth-order valence-electron chi connectivity index (χ4n) is 4.15. The summed E-state index contributed by atoms with van der Waals surface area (Å²) >= 11 is 1.68. The molecule has 1 aliphatic rings. The van der Waals surface area contributed by atoms with Crippen LogP contribution >= 0.6 is 11.3 Å². The van der Waals surface area contributed by atoms with E-state index in [-0.39, 0.29) is 5.92 Å². The Morgan fingerprint density at radius 2 is 1.93 bits per heavy atom. The minimum atomic E-state index is 0.114. The highest BCUT2D eigenvalue weighted by molar-refractivity contribution is 7.09. The number of thiophene rings is 1. The molecule has 0 spiro atoms. The van der Waals surface area contributed by atoms with Gasteiger partial charge in [-0.25, -0.2) is 0 Å². The number of carbonyl (C=O) groups excluding carboxylic acids is 1. The summed E-state index contributed by atoms with van der Waals surface area (Å²) in [7, 11) is 1.66. The van der Waals surface area contributed by atoms with Crippen LogP contribution in [0.5, 0.6) is 11.5 Å². The van der Waals surface area contributed by atoms with E-state index in [1.165, 1.54) is 17.7 Å². The van der Waals surface area contributed by atoms with E-state index in [0.29, 0.717) is 25.1 Å². The summed E-state index contributed by atoms with van der Waals surface area (Å²) in [4.78, 5) is 16.6. The molecule has 1 fully saturated rings. The molecule has 1 aromatic heterocycles. The van der Waals surface area contributed by atoms with Crippen LogP contribution in [0.3, 0.4) is 0 Å². The molecule has 0 saturated heterocycles. The summed E-state index contributed by atoms with van der Waals surface area (Å²) in [5.74, 6) is 1.88. The predicted molar refractivity (Wildman–Crippen MR) is 119 cm³/mol. The zero-order valence-electron chi connectivity index (χ0n) is 17.9. The number of nitrogens with zero attached hydrogens (tertiary/aromatic N) is 1. The first-order chi connectivity index (χ1) is 14.2. The van der Waals surface area contributed by atoms with E-state index in [4.69, 9.17) is 9.47 Å². The van der Waals surface area contributed by atoms with Gasteiger partial charge in [0.15, 0.2) is 11.5 Å². The number of ether oxygens (including phenoxy) is 2. The van der Waals surface area contributed by atoms with Crippen molar-refractivity contribution in [2.24, 2.45) is 5.92 Å². The third-order valence-electron chi connectivity index (χ3n) is 5.91. The molecule has 0 bridgehead atoms. The highest BCUT2D eigenvalue weighted by Crippen LogP contribution is 2.32. The Morgan fingerprint density at radius 3 is 2.55 bits per heavy atom. The van der Waals surface area contributed by atoms with E-state index in [1.807, 2.05) is 18.2 Å². The minimum absolute atomic E-state index is 0.114. The van der Waals surface area contributed by atoms with Gasteiger partial charge in [-0.2, -0.15) is 0 Å². The summed E-state index contributed by atoms with van der Waals surface area (Å²) in [6.07, 6.45) is 6.46. The molecule has 3 rings (SSSR count). The zero-order chi connectivity index (χ0) is 20.6. The second-order valence-corrected chi connectivity index (χ2v) is 8.80. The van der Waals surface area contributed by atoms with Crippen LogP contribution in [-0.4, -0.2) is 24.0 Å². The number of methoxy groups -OCH3 is 1. The molecule has 1 aromatic carbocycles. The van der Waals surface area contributed by atoms with Gasteiger partial charge in [-0.15, -0.1) is 11.3 Å². The Labute approximate surface area is 178 Å².